The van der Waals surface area contributed by atoms with Crippen LogP contribution in [-0.2, 0) is 6.54 Å². The molecule has 0 spiro atoms. The fourth-order valence-corrected chi connectivity index (χ4v) is 1.93. The van der Waals surface area contributed by atoms with Crippen molar-refractivity contribution in [3.05, 3.63) is 64.1 Å². The first-order chi connectivity index (χ1) is 10.2. The molecule has 108 valence electrons. The molecule has 1 aromatic heterocycles. The van der Waals surface area contributed by atoms with Crippen molar-refractivity contribution in [3.8, 4) is 17.6 Å². The maximum Gasteiger partial charge on any atom is 0.250 e. The average Bonchev–Trinajstić information content (AvgIpc) is 2.49. The zero-order chi connectivity index (χ0) is 15.1. The number of aromatic nitrogens is 1. The molecule has 0 saturated carbocycles. The van der Waals surface area contributed by atoms with Crippen molar-refractivity contribution in [2.24, 2.45) is 0 Å². The lowest BCUT2D eigenvalue weighted by Gasteiger charge is -2.10. The third-order valence-corrected chi connectivity index (χ3v) is 2.98. The highest BCUT2D eigenvalue weighted by Gasteiger charge is 2.01. The Hall–Kier alpha value is -2.51. The molecule has 4 nitrogen and oxygen atoms in total. The highest BCUT2D eigenvalue weighted by Crippen LogP contribution is 2.18. The van der Waals surface area contributed by atoms with Gasteiger partial charge in [-0.3, -0.25) is 4.79 Å². The summed E-state index contributed by atoms with van der Waals surface area (Å²) in [4.78, 5) is 11.5. The number of aliphatic hydroxyl groups is 1. The third-order valence-electron chi connectivity index (χ3n) is 2.98. The van der Waals surface area contributed by atoms with E-state index in [2.05, 4.69) is 11.8 Å². The summed E-state index contributed by atoms with van der Waals surface area (Å²) in [5.74, 6) is 6.23. The van der Waals surface area contributed by atoms with Gasteiger partial charge < -0.3 is 14.4 Å². The summed E-state index contributed by atoms with van der Waals surface area (Å²) in [5, 5.41) is 8.67. The zero-order valence-electron chi connectivity index (χ0n) is 11.9. The summed E-state index contributed by atoms with van der Waals surface area (Å²) in [5.41, 5.74) is 1.78. The number of aliphatic hydroxyl groups excluding tert-OH is 1. The standard InChI is InChI=1S/C17H17NO3/c1-14-13-15(5-4-11-19)7-8-16(14)21-12-10-18-9-3-2-6-17(18)20/h2-3,6-9,13,19H,10-12H2,1H3. The van der Waals surface area contributed by atoms with Crippen LogP contribution in [-0.4, -0.2) is 22.9 Å². The summed E-state index contributed by atoms with van der Waals surface area (Å²) in [6.45, 7) is 2.72. The molecule has 0 fully saturated rings. The van der Waals surface area contributed by atoms with Gasteiger partial charge in [-0.25, -0.2) is 0 Å². The van der Waals surface area contributed by atoms with Crippen LogP contribution >= 0.6 is 0 Å². The molecule has 0 unspecified atom stereocenters. The van der Waals surface area contributed by atoms with Gasteiger partial charge in [0.25, 0.3) is 5.56 Å². The van der Waals surface area contributed by atoms with Gasteiger partial charge in [0.15, 0.2) is 0 Å². The number of ether oxygens (including phenoxy) is 1. The Kier molecular flexibility index (Phi) is 5.19. The lowest BCUT2D eigenvalue weighted by molar-refractivity contribution is 0.294. The molecule has 0 radical (unpaired) electrons. The van der Waals surface area contributed by atoms with E-state index in [1.165, 1.54) is 6.07 Å². The molecule has 2 aromatic rings. The van der Waals surface area contributed by atoms with Gasteiger partial charge in [0.05, 0.1) is 6.54 Å². The molecule has 21 heavy (non-hydrogen) atoms. The number of hydrogen-bond donors (Lipinski definition) is 1. The fourth-order valence-electron chi connectivity index (χ4n) is 1.93. The highest BCUT2D eigenvalue weighted by molar-refractivity contribution is 5.43. The smallest absolute Gasteiger partial charge is 0.250 e. The van der Waals surface area contributed by atoms with Gasteiger partial charge in [0.2, 0.25) is 0 Å². The number of pyridine rings is 1. The van der Waals surface area contributed by atoms with Crippen LogP contribution in [0.5, 0.6) is 5.75 Å². The minimum Gasteiger partial charge on any atom is -0.491 e. The van der Waals surface area contributed by atoms with Crippen molar-refractivity contribution in [1.29, 1.82) is 0 Å². The van der Waals surface area contributed by atoms with Crippen molar-refractivity contribution in [1.82, 2.24) is 4.57 Å². The Morgan fingerprint density at radius 1 is 1.29 bits per heavy atom. The van der Waals surface area contributed by atoms with Crippen LogP contribution in [0.2, 0.25) is 0 Å². The Labute approximate surface area is 123 Å². The quantitative estimate of drug-likeness (QED) is 0.867. The van der Waals surface area contributed by atoms with E-state index in [1.54, 1.807) is 16.8 Å². The van der Waals surface area contributed by atoms with Gasteiger partial charge in [-0.15, -0.1) is 0 Å². The van der Waals surface area contributed by atoms with Gasteiger partial charge >= 0.3 is 0 Å². The number of aryl methyl sites for hydroxylation is 1. The Morgan fingerprint density at radius 3 is 2.86 bits per heavy atom. The molecule has 0 aliphatic carbocycles. The van der Waals surface area contributed by atoms with E-state index < -0.39 is 0 Å². The first-order valence-electron chi connectivity index (χ1n) is 6.69. The summed E-state index contributed by atoms with van der Waals surface area (Å²) in [6.07, 6.45) is 1.74. The Balaban J connectivity index is 1.98. The van der Waals surface area contributed by atoms with Crippen molar-refractivity contribution in [2.75, 3.05) is 13.2 Å². The second-order valence-electron chi connectivity index (χ2n) is 4.52. The van der Waals surface area contributed by atoms with Crippen molar-refractivity contribution in [2.45, 2.75) is 13.5 Å². The van der Waals surface area contributed by atoms with Crippen molar-refractivity contribution in [3.63, 3.8) is 0 Å². The molecule has 4 heteroatoms. The second kappa shape index (κ2) is 7.32. The van der Waals surface area contributed by atoms with Crippen LogP contribution in [0.15, 0.2) is 47.4 Å². The third kappa shape index (κ3) is 4.23. The van der Waals surface area contributed by atoms with Crippen molar-refractivity contribution < 1.29 is 9.84 Å². The number of hydrogen-bond acceptors (Lipinski definition) is 3. The molecule has 1 heterocycles. The molecule has 0 aliphatic heterocycles. The van der Waals surface area contributed by atoms with Gasteiger partial charge in [0.1, 0.15) is 19.0 Å². The predicted molar refractivity (Wildman–Crippen MR) is 81.3 cm³/mol. The van der Waals surface area contributed by atoms with Crippen LogP contribution in [0, 0.1) is 18.8 Å². The summed E-state index contributed by atoms with van der Waals surface area (Å²) in [7, 11) is 0. The average molecular weight is 283 g/mol. The lowest BCUT2D eigenvalue weighted by Crippen LogP contribution is -2.21. The van der Waals surface area contributed by atoms with Gasteiger partial charge in [-0.05, 0) is 36.8 Å². The van der Waals surface area contributed by atoms with E-state index >= 15 is 0 Å². The summed E-state index contributed by atoms with van der Waals surface area (Å²) >= 11 is 0. The van der Waals surface area contributed by atoms with Crippen LogP contribution in [0.4, 0.5) is 0 Å². The van der Waals surface area contributed by atoms with Gasteiger partial charge in [0, 0.05) is 17.8 Å². The summed E-state index contributed by atoms with van der Waals surface area (Å²) in [6, 6.07) is 10.7. The minimum absolute atomic E-state index is 0.0348. The SMILES string of the molecule is Cc1cc(C#CCO)ccc1OCCn1ccccc1=O. The monoisotopic (exact) mass is 283 g/mol. The van der Waals surface area contributed by atoms with E-state index in [0.717, 1.165) is 16.9 Å². The van der Waals surface area contributed by atoms with Crippen molar-refractivity contribution >= 4 is 0 Å². The minimum atomic E-state index is -0.150. The molecule has 0 atom stereocenters. The Morgan fingerprint density at radius 2 is 2.14 bits per heavy atom. The molecule has 1 aromatic carbocycles. The first kappa shape index (κ1) is 14.9. The number of nitrogens with zero attached hydrogens (tertiary/aromatic N) is 1. The molecular weight excluding hydrogens is 266 g/mol. The number of rotatable bonds is 4. The topological polar surface area (TPSA) is 51.5 Å². The molecular formula is C17H17NO3. The van der Waals surface area contributed by atoms with Crippen LogP contribution < -0.4 is 10.3 Å². The second-order valence-corrected chi connectivity index (χ2v) is 4.52. The van der Waals surface area contributed by atoms with E-state index in [9.17, 15) is 4.79 Å². The lowest BCUT2D eigenvalue weighted by atomic mass is 10.1. The van der Waals surface area contributed by atoms with Crippen LogP contribution in [0.1, 0.15) is 11.1 Å². The predicted octanol–water partition coefficient (Wildman–Crippen LogP) is 1.58. The normalized spacial score (nSPS) is 9.81. The van der Waals surface area contributed by atoms with Gasteiger partial charge in [-0.1, -0.05) is 17.9 Å². The number of benzene rings is 1. The summed E-state index contributed by atoms with van der Waals surface area (Å²) < 4.78 is 7.31. The molecule has 2 rings (SSSR count). The highest BCUT2D eigenvalue weighted by atomic mass is 16.5. The zero-order valence-corrected chi connectivity index (χ0v) is 11.9. The first-order valence-corrected chi connectivity index (χ1v) is 6.69. The van der Waals surface area contributed by atoms with Crippen LogP contribution in [0.25, 0.3) is 0 Å². The van der Waals surface area contributed by atoms with E-state index in [0.29, 0.717) is 13.2 Å². The Bertz CT molecular complexity index is 723. The fraction of sp³-hybridized carbons (Fsp3) is 0.235. The van der Waals surface area contributed by atoms with E-state index in [1.807, 2.05) is 31.2 Å². The maximum absolute atomic E-state index is 11.5. The molecule has 1 N–H and O–H groups in total. The maximum atomic E-state index is 11.5. The molecule has 0 bridgehead atoms. The largest absolute Gasteiger partial charge is 0.491 e. The molecule has 0 aliphatic rings. The van der Waals surface area contributed by atoms with E-state index in [4.69, 9.17) is 9.84 Å². The van der Waals surface area contributed by atoms with Gasteiger partial charge in [-0.2, -0.15) is 0 Å². The molecule has 0 amide bonds. The van der Waals surface area contributed by atoms with Crippen LogP contribution in [0.3, 0.4) is 0 Å². The van der Waals surface area contributed by atoms with E-state index in [-0.39, 0.29) is 12.2 Å². The molecule has 0 saturated heterocycles.